The minimum absolute atomic E-state index is 0.0400. The van der Waals surface area contributed by atoms with Crippen LogP contribution in [-0.2, 0) is 28.8 Å². The second-order valence-corrected chi connectivity index (χ2v) is 13.8. The predicted molar refractivity (Wildman–Crippen MR) is 189 cm³/mol. The molecule has 1 amide bonds. The molecule has 0 bridgehead atoms. The summed E-state index contributed by atoms with van der Waals surface area (Å²) in [4.78, 5) is 15.4. The molecule has 0 saturated carbocycles. The Hall–Kier alpha value is -3.27. The van der Waals surface area contributed by atoms with Gasteiger partial charge in [0.15, 0.2) is 0 Å². The van der Waals surface area contributed by atoms with E-state index in [0.717, 1.165) is 67.7 Å². The molecule has 0 unspecified atom stereocenters. The van der Waals surface area contributed by atoms with E-state index in [1.54, 1.807) is 0 Å². The lowest BCUT2D eigenvalue weighted by molar-refractivity contribution is -0.132. The van der Waals surface area contributed by atoms with Gasteiger partial charge in [0, 0.05) is 25.1 Å². The molecular weight excluding hydrogens is 554 g/mol. The number of hydrogen-bond acceptors (Lipinski definition) is 3. The van der Waals surface area contributed by atoms with Crippen LogP contribution < -0.4 is 9.47 Å². The summed E-state index contributed by atoms with van der Waals surface area (Å²) in [5.41, 5.74) is 5.12. The van der Waals surface area contributed by atoms with E-state index in [4.69, 9.17) is 9.47 Å². The maximum atomic E-state index is 13.3. The van der Waals surface area contributed by atoms with Crippen LogP contribution in [0.5, 0.6) is 11.5 Å². The normalized spacial score (nSPS) is 11.8. The Bertz CT molecular complexity index is 1280. The zero-order valence-corrected chi connectivity index (χ0v) is 29.3. The van der Waals surface area contributed by atoms with Gasteiger partial charge >= 0.3 is 0 Å². The average Bonchev–Trinajstić information content (AvgIpc) is 3.06. The lowest BCUT2D eigenvalue weighted by atomic mass is 9.76. The highest BCUT2D eigenvalue weighted by atomic mass is 16.5. The summed E-state index contributed by atoms with van der Waals surface area (Å²) in [5.74, 6) is 2.09. The van der Waals surface area contributed by atoms with Crippen molar-refractivity contribution in [2.75, 3.05) is 13.2 Å². The first-order valence-electron chi connectivity index (χ1n) is 17.4. The molecule has 3 aromatic carbocycles. The zero-order valence-electron chi connectivity index (χ0n) is 29.3. The van der Waals surface area contributed by atoms with Crippen LogP contribution in [0.4, 0.5) is 0 Å². The Morgan fingerprint density at radius 1 is 0.711 bits per heavy atom. The number of benzene rings is 3. The van der Waals surface area contributed by atoms with Crippen LogP contribution in [0.3, 0.4) is 0 Å². The zero-order chi connectivity index (χ0) is 32.7. The Morgan fingerprint density at radius 3 is 2.09 bits per heavy atom. The van der Waals surface area contributed by atoms with Crippen LogP contribution in [0.15, 0.2) is 72.8 Å². The Kier molecular flexibility index (Phi) is 14.5. The maximum Gasteiger partial charge on any atom is 0.222 e. The van der Waals surface area contributed by atoms with E-state index in [-0.39, 0.29) is 16.7 Å². The van der Waals surface area contributed by atoms with E-state index in [0.29, 0.717) is 26.2 Å². The van der Waals surface area contributed by atoms with Gasteiger partial charge < -0.3 is 14.4 Å². The highest BCUT2D eigenvalue weighted by Gasteiger charge is 2.26. The number of nitrogens with zero attached hydrogens (tertiary/aromatic N) is 1. The monoisotopic (exact) mass is 613 g/mol. The third-order valence-electron chi connectivity index (χ3n) is 9.48. The van der Waals surface area contributed by atoms with Crippen molar-refractivity contribution in [3.05, 3.63) is 95.1 Å². The standard InChI is InChI=1S/C41H59NO3/c1-8-11-12-16-21-39(43)42(31-33-22-25-36(26-23-33)45-32-34-19-14-13-15-20-34)28-17-18-29-44-38-27-24-35(40(4,5)9-2)30-37(38)41(6,7)10-3/h13-15,19-20,22-27,30H,8-12,16-18,21,28-29,31-32H2,1-7H3. The van der Waals surface area contributed by atoms with Crippen LogP contribution in [-0.4, -0.2) is 24.0 Å². The van der Waals surface area contributed by atoms with Crippen molar-refractivity contribution in [1.29, 1.82) is 0 Å². The minimum Gasteiger partial charge on any atom is -0.493 e. The Morgan fingerprint density at radius 2 is 1.42 bits per heavy atom. The molecule has 0 saturated heterocycles. The van der Waals surface area contributed by atoms with Crippen molar-refractivity contribution in [3.63, 3.8) is 0 Å². The number of rotatable bonds is 20. The minimum atomic E-state index is 0.0400. The van der Waals surface area contributed by atoms with Gasteiger partial charge in [-0.15, -0.1) is 0 Å². The summed E-state index contributed by atoms with van der Waals surface area (Å²) in [6.45, 7) is 18.5. The highest BCUT2D eigenvalue weighted by molar-refractivity contribution is 5.76. The SMILES string of the molecule is CCCCCCC(=O)N(CCCCOc1ccc(C(C)(C)CC)cc1C(C)(C)CC)Cc1ccc(OCc2ccccc2)cc1. The number of carbonyl (C=O) groups is 1. The number of amides is 1. The maximum absolute atomic E-state index is 13.3. The molecule has 0 fully saturated rings. The summed E-state index contributed by atoms with van der Waals surface area (Å²) in [6, 6.07) is 25.2. The van der Waals surface area contributed by atoms with Gasteiger partial charge in [-0.05, 0) is 77.8 Å². The van der Waals surface area contributed by atoms with E-state index in [1.807, 2.05) is 35.2 Å². The molecule has 0 N–H and O–H groups in total. The smallest absolute Gasteiger partial charge is 0.222 e. The Labute approximate surface area is 274 Å². The molecule has 0 atom stereocenters. The van der Waals surface area contributed by atoms with Crippen molar-refractivity contribution < 1.29 is 14.3 Å². The average molecular weight is 614 g/mol. The van der Waals surface area contributed by atoms with Crippen molar-refractivity contribution in [1.82, 2.24) is 4.90 Å². The van der Waals surface area contributed by atoms with Crippen molar-refractivity contribution in [3.8, 4) is 11.5 Å². The molecule has 4 nitrogen and oxygen atoms in total. The molecule has 0 radical (unpaired) electrons. The summed E-state index contributed by atoms with van der Waals surface area (Å²) in [6.07, 6.45) is 9.00. The van der Waals surface area contributed by atoms with Gasteiger partial charge in [-0.25, -0.2) is 0 Å². The fourth-order valence-corrected chi connectivity index (χ4v) is 5.39. The first kappa shape index (κ1) is 36.2. The number of ether oxygens (including phenoxy) is 2. The van der Waals surface area contributed by atoms with E-state index in [9.17, 15) is 4.79 Å². The molecule has 3 rings (SSSR count). The lowest BCUT2D eigenvalue weighted by Gasteiger charge is -2.30. The van der Waals surface area contributed by atoms with Gasteiger partial charge in [-0.1, -0.05) is 122 Å². The third-order valence-corrected chi connectivity index (χ3v) is 9.48. The first-order chi connectivity index (χ1) is 21.6. The molecule has 0 spiro atoms. The van der Waals surface area contributed by atoms with Crippen LogP contribution in [0.1, 0.15) is 129 Å². The van der Waals surface area contributed by atoms with Gasteiger partial charge in [-0.3, -0.25) is 4.79 Å². The molecular formula is C41H59NO3. The van der Waals surface area contributed by atoms with E-state index in [2.05, 4.69) is 90.9 Å². The summed E-state index contributed by atoms with van der Waals surface area (Å²) < 4.78 is 12.4. The quantitative estimate of drug-likeness (QED) is 0.119. The third kappa shape index (κ3) is 11.6. The second-order valence-electron chi connectivity index (χ2n) is 13.8. The van der Waals surface area contributed by atoms with Crippen molar-refractivity contribution in [2.24, 2.45) is 0 Å². The molecule has 0 aliphatic carbocycles. The van der Waals surface area contributed by atoms with Crippen molar-refractivity contribution >= 4 is 5.91 Å². The molecule has 0 heterocycles. The summed E-state index contributed by atoms with van der Waals surface area (Å²) in [5, 5.41) is 0. The molecule has 0 aliphatic heterocycles. The number of hydrogen-bond donors (Lipinski definition) is 0. The van der Waals surface area contributed by atoms with Crippen LogP contribution in [0, 0.1) is 0 Å². The predicted octanol–water partition coefficient (Wildman–Crippen LogP) is 10.8. The van der Waals surface area contributed by atoms with Gasteiger partial charge in [0.1, 0.15) is 18.1 Å². The summed E-state index contributed by atoms with van der Waals surface area (Å²) >= 11 is 0. The topological polar surface area (TPSA) is 38.8 Å². The highest BCUT2D eigenvalue weighted by Crippen LogP contribution is 2.38. The molecule has 45 heavy (non-hydrogen) atoms. The fourth-order valence-electron chi connectivity index (χ4n) is 5.39. The largest absolute Gasteiger partial charge is 0.493 e. The fraction of sp³-hybridized carbons (Fsp3) is 0.537. The number of unbranched alkanes of at least 4 members (excludes halogenated alkanes) is 4. The van der Waals surface area contributed by atoms with E-state index in [1.165, 1.54) is 24.0 Å². The number of carbonyl (C=O) groups excluding carboxylic acids is 1. The van der Waals surface area contributed by atoms with Gasteiger partial charge in [0.05, 0.1) is 6.61 Å². The molecule has 246 valence electrons. The second kappa shape index (κ2) is 18.0. The molecule has 0 aromatic heterocycles. The van der Waals surface area contributed by atoms with Gasteiger partial charge in [0.2, 0.25) is 5.91 Å². The summed E-state index contributed by atoms with van der Waals surface area (Å²) in [7, 11) is 0. The molecule has 4 heteroatoms. The van der Waals surface area contributed by atoms with Gasteiger partial charge in [0.25, 0.3) is 0 Å². The van der Waals surface area contributed by atoms with E-state index >= 15 is 0 Å². The molecule has 3 aromatic rings. The van der Waals surface area contributed by atoms with Crippen LogP contribution >= 0.6 is 0 Å². The lowest BCUT2D eigenvalue weighted by Crippen LogP contribution is -2.31. The van der Waals surface area contributed by atoms with Gasteiger partial charge in [-0.2, -0.15) is 0 Å². The van der Waals surface area contributed by atoms with Crippen LogP contribution in [0.25, 0.3) is 0 Å². The Balaban J connectivity index is 1.59. The van der Waals surface area contributed by atoms with Crippen LogP contribution in [0.2, 0.25) is 0 Å². The van der Waals surface area contributed by atoms with E-state index < -0.39 is 0 Å². The van der Waals surface area contributed by atoms with Crippen molar-refractivity contribution in [2.45, 2.75) is 130 Å². The molecule has 0 aliphatic rings. The first-order valence-corrected chi connectivity index (χ1v) is 17.4.